The number of hydrogen-bond donors (Lipinski definition) is 2. The molecule has 0 saturated heterocycles. The van der Waals surface area contributed by atoms with Crippen molar-refractivity contribution >= 4 is 23.6 Å². The Morgan fingerprint density at radius 3 is 2.58 bits per heavy atom. The van der Waals surface area contributed by atoms with Crippen LogP contribution in [0.25, 0.3) is 0 Å². The van der Waals surface area contributed by atoms with Gasteiger partial charge < -0.3 is 15.4 Å². The van der Waals surface area contributed by atoms with E-state index in [9.17, 15) is 9.59 Å². The largest absolute Gasteiger partial charge is 0.439 e. The maximum Gasteiger partial charge on any atom is 0.407 e. The van der Waals surface area contributed by atoms with Gasteiger partial charge in [0.15, 0.2) is 12.3 Å². The first-order valence-corrected chi connectivity index (χ1v) is 8.29. The van der Waals surface area contributed by atoms with E-state index in [4.69, 9.17) is 16.3 Å². The van der Waals surface area contributed by atoms with Crippen LogP contribution in [-0.4, -0.2) is 36.9 Å². The Morgan fingerprint density at radius 1 is 1.42 bits per heavy atom. The standard InChI is InChI=1S/C17H26ClFN2O3/c1-11(2)21-15(23)24-10-14(22)20-9-12-7-6-8-13(18)17(12,19)16(3,4)5/h6-8,11-12H,9-10H2,1-5H3,(H,20,22)(H,21,23). The second kappa shape index (κ2) is 8.01. The monoisotopic (exact) mass is 360 g/mol. The second-order valence-corrected chi connectivity index (χ2v) is 7.55. The predicted octanol–water partition coefficient (Wildman–Crippen LogP) is 3.30. The van der Waals surface area contributed by atoms with E-state index in [1.807, 2.05) is 0 Å². The molecule has 2 N–H and O–H groups in total. The zero-order valence-electron chi connectivity index (χ0n) is 14.8. The highest BCUT2D eigenvalue weighted by Crippen LogP contribution is 2.49. The fourth-order valence-electron chi connectivity index (χ4n) is 2.51. The minimum absolute atomic E-state index is 0.0579. The predicted molar refractivity (Wildman–Crippen MR) is 92.5 cm³/mol. The van der Waals surface area contributed by atoms with Crippen molar-refractivity contribution in [1.82, 2.24) is 10.6 Å². The van der Waals surface area contributed by atoms with Gasteiger partial charge in [-0.15, -0.1) is 0 Å². The Hall–Kier alpha value is -1.56. The molecule has 1 aliphatic carbocycles. The third-order valence-electron chi connectivity index (χ3n) is 3.80. The summed E-state index contributed by atoms with van der Waals surface area (Å²) >= 11 is 6.11. The van der Waals surface area contributed by atoms with E-state index in [0.29, 0.717) is 0 Å². The number of hydrogen-bond acceptors (Lipinski definition) is 3. The number of nitrogens with one attached hydrogen (secondary N) is 2. The van der Waals surface area contributed by atoms with Crippen molar-refractivity contribution < 1.29 is 18.7 Å². The fraction of sp³-hybridized carbons (Fsp3) is 0.647. The van der Waals surface area contributed by atoms with Crippen molar-refractivity contribution in [3.05, 3.63) is 23.3 Å². The molecule has 1 rings (SSSR count). The van der Waals surface area contributed by atoms with Gasteiger partial charge in [-0.3, -0.25) is 4.79 Å². The van der Waals surface area contributed by atoms with Gasteiger partial charge in [0.1, 0.15) is 0 Å². The van der Waals surface area contributed by atoms with E-state index >= 15 is 4.39 Å². The average Bonchev–Trinajstić information content (AvgIpc) is 2.44. The maximum absolute atomic E-state index is 15.5. The average molecular weight is 361 g/mol. The minimum Gasteiger partial charge on any atom is -0.439 e. The van der Waals surface area contributed by atoms with E-state index in [-0.39, 0.29) is 17.6 Å². The molecule has 0 aromatic heterocycles. The summed E-state index contributed by atoms with van der Waals surface area (Å²) < 4.78 is 20.3. The smallest absolute Gasteiger partial charge is 0.407 e. The summed E-state index contributed by atoms with van der Waals surface area (Å²) in [5.41, 5.74) is -2.53. The molecule has 0 radical (unpaired) electrons. The van der Waals surface area contributed by atoms with Gasteiger partial charge in [0, 0.05) is 23.9 Å². The number of carbonyl (C=O) groups is 2. The summed E-state index contributed by atoms with van der Waals surface area (Å²) in [4.78, 5) is 23.1. The van der Waals surface area contributed by atoms with Crippen LogP contribution in [0.2, 0.25) is 0 Å². The summed E-state index contributed by atoms with van der Waals surface area (Å²) in [5.74, 6) is -1.10. The fourth-order valence-corrected chi connectivity index (χ4v) is 3.01. The summed E-state index contributed by atoms with van der Waals surface area (Å²) in [6.07, 6.45) is 4.22. The molecule has 0 bridgehead atoms. The number of allylic oxidation sites excluding steroid dienone is 3. The second-order valence-electron chi connectivity index (χ2n) is 7.15. The molecule has 0 fully saturated rings. The molecule has 2 unspecified atom stereocenters. The molecule has 2 atom stereocenters. The molecule has 2 amide bonds. The van der Waals surface area contributed by atoms with Crippen LogP contribution in [0, 0.1) is 11.3 Å². The Morgan fingerprint density at radius 2 is 2.04 bits per heavy atom. The summed E-state index contributed by atoms with van der Waals surface area (Å²) in [5, 5.41) is 5.21. The highest BCUT2D eigenvalue weighted by Gasteiger charge is 2.51. The van der Waals surface area contributed by atoms with E-state index < -0.39 is 35.6 Å². The molecule has 0 aliphatic heterocycles. The molecule has 5 nitrogen and oxygen atoms in total. The number of ether oxygens (including phenoxy) is 1. The molecule has 0 saturated carbocycles. The number of halogens is 2. The van der Waals surface area contributed by atoms with Gasteiger partial charge in [-0.05, 0) is 19.9 Å². The molecule has 0 aromatic rings. The van der Waals surface area contributed by atoms with Crippen LogP contribution in [0.5, 0.6) is 0 Å². The lowest BCUT2D eigenvalue weighted by molar-refractivity contribution is -0.124. The van der Waals surface area contributed by atoms with Gasteiger partial charge in [-0.25, -0.2) is 9.18 Å². The zero-order valence-corrected chi connectivity index (χ0v) is 15.5. The molecule has 0 spiro atoms. The number of amides is 2. The van der Waals surface area contributed by atoms with Gasteiger partial charge >= 0.3 is 6.09 Å². The van der Waals surface area contributed by atoms with Crippen molar-refractivity contribution in [3.8, 4) is 0 Å². The van der Waals surface area contributed by atoms with Crippen LogP contribution in [0.4, 0.5) is 9.18 Å². The number of rotatable bonds is 5. The SMILES string of the molecule is CC(C)NC(=O)OCC(=O)NCC1C=CC=C(Cl)C1(F)C(C)(C)C. The van der Waals surface area contributed by atoms with Crippen LogP contribution in [0.3, 0.4) is 0 Å². The lowest BCUT2D eigenvalue weighted by Crippen LogP contribution is -2.50. The lowest BCUT2D eigenvalue weighted by Gasteiger charge is -2.43. The van der Waals surface area contributed by atoms with Crippen LogP contribution in [-0.2, 0) is 9.53 Å². The molecule has 7 heteroatoms. The summed E-state index contributed by atoms with van der Waals surface area (Å²) in [6, 6.07) is -0.0826. The molecule has 136 valence electrons. The summed E-state index contributed by atoms with van der Waals surface area (Å²) in [7, 11) is 0. The Labute approximate surface area is 147 Å². The van der Waals surface area contributed by atoms with E-state index in [1.54, 1.807) is 46.8 Å². The van der Waals surface area contributed by atoms with Crippen molar-refractivity contribution in [2.75, 3.05) is 13.2 Å². The van der Waals surface area contributed by atoms with E-state index in [1.165, 1.54) is 6.08 Å². The van der Waals surface area contributed by atoms with Crippen molar-refractivity contribution in [3.63, 3.8) is 0 Å². The Kier molecular flexibility index (Phi) is 6.84. The number of alkyl halides is 1. The first kappa shape index (κ1) is 20.5. The Bertz CT molecular complexity index is 540. The third-order valence-corrected chi connectivity index (χ3v) is 4.20. The maximum atomic E-state index is 15.5. The van der Waals surface area contributed by atoms with Crippen molar-refractivity contribution in [1.29, 1.82) is 0 Å². The zero-order chi connectivity index (χ0) is 18.5. The number of carbonyl (C=O) groups excluding carboxylic acids is 2. The van der Waals surface area contributed by atoms with Crippen molar-refractivity contribution in [2.45, 2.75) is 46.3 Å². The molecule has 1 aliphatic rings. The van der Waals surface area contributed by atoms with Crippen LogP contribution in [0.1, 0.15) is 34.6 Å². The molecular weight excluding hydrogens is 335 g/mol. The molecule has 0 heterocycles. The lowest BCUT2D eigenvalue weighted by atomic mass is 9.68. The van der Waals surface area contributed by atoms with Gasteiger partial charge in [0.2, 0.25) is 0 Å². The highest BCUT2D eigenvalue weighted by molar-refractivity contribution is 6.31. The summed E-state index contributed by atoms with van der Waals surface area (Å²) in [6.45, 7) is 8.47. The first-order chi connectivity index (χ1) is 11.0. The topological polar surface area (TPSA) is 67.4 Å². The highest BCUT2D eigenvalue weighted by atomic mass is 35.5. The van der Waals surface area contributed by atoms with Crippen molar-refractivity contribution in [2.24, 2.45) is 11.3 Å². The minimum atomic E-state index is -1.79. The van der Waals surface area contributed by atoms with Crippen LogP contribution < -0.4 is 10.6 Å². The van der Waals surface area contributed by atoms with Gasteiger partial charge in [-0.2, -0.15) is 0 Å². The first-order valence-electron chi connectivity index (χ1n) is 7.92. The van der Waals surface area contributed by atoms with Gasteiger partial charge in [0.25, 0.3) is 5.91 Å². The normalized spacial score (nSPS) is 23.7. The Balaban J connectivity index is 2.60. The van der Waals surface area contributed by atoms with Crippen LogP contribution >= 0.6 is 11.6 Å². The third kappa shape index (κ3) is 4.97. The van der Waals surface area contributed by atoms with Gasteiger partial charge in [0.05, 0.1) is 5.03 Å². The van der Waals surface area contributed by atoms with E-state index in [0.717, 1.165) is 0 Å². The van der Waals surface area contributed by atoms with E-state index in [2.05, 4.69) is 10.6 Å². The molecule has 24 heavy (non-hydrogen) atoms. The van der Waals surface area contributed by atoms with Gasteiger partial charge in [-0.1, -0.05) is 44.5 Å². The number of alkyl carbamates (subject to hydrolysis) is 1. The molecular formula is C17H26ClFN2O3. The van der Waals surface area contributed by atoms with Crippen LogP contribution in [0.15, 0.2) is 23.3 Å². The quantitative estimate of drug-likeness (QED) is 0.790. The molecule has 0 aromatic carbocycles.